The zero-order chi connectivity index (χ0) is 16.6. The number of nitrogens with zero attached hydrogens (tertiary/aromatic N) is 2. The predicted molar refractivity (Wildman–Crippen MR) is 99.4 cm³/mol. The molecule has 5 aromatic rings. The molecule has 5 rings (SSSR count). The number of hydrogen-bond donors (Lipinski definition) is 0. The molecule has 0 spiro atoms. The van der Waals surface area contributed by atoms with Crippen LogP contribution in [0.2, 0.25) is 0 Å². The second kappa shape index (κ2) is 4.32. The van der Waals surface area contributed by atoms with Crippen molar-refractivity contribution in [2.75, 3.05) is 0 Å². The van der Waals surface area contributed by atoms with Gasteiger partial charge in [-0.2, -0.15) is 0 Å². The molecule has 0 N–H and O–H groups in total. The Hall–Kier alpha value is -2.94. The molecule has 0 saturated carbocycles. The summed E-state index contributed by atoms with van der Waals surface area (Å²) in [6, 6.07) is 14.3. The molecule has 0 saturated heterocycles. The molecule has 2 heterocycles. The Morgan fingerprint density at radius 1 is 0.875 bits per heavy atom. The van der Waals surface area contributed by atoms with Crippen molar-refractivity contribution in [2.24, 2.45) is 0 Å². The largest absolute Gasteiger partial charge is 0.268 e. The number of pyridine rings is 1. The quantitative estimate of drug-likeness (QED) is 0.421. The third-order valence-electron chi connectivity index (χ3n) is 5.03. The summed E-state index contributed by atoms with van der Waals surface area (Å²) in [5, 5.41) is 3.96. The van der Waals surface area contributed by atoms with E-state index >= 15 is 0 Å². The summed E-state index contributed by atoms with van der Waals surface area (Å²) in [6.07, 6.45) is 0. The van der Waals surface area contributed by atoms with E-state index in [0.29, 0.717) is 0 Å². The van der Waals surface area contributed by atoms with Crippen LogP contribution in [0, 0.1) is 20.8 Å². The molecule has 116 valence electrons. The van der Waals surface area contributed by atoms with Gasteiger partial charge in [0.05, 0.1) is 11.0 Å². The molecule has 0 atom stereocenters. The molecule has 0 aliphatic rings. The molecular weight excluding hydrogens is 296 g/mol. The number of aryl methyl sites for hydroxylation is 3. The summed E-state index contributed by atoms with van der Waals surface area (Å²) < 4.78 is 1.78. The van der Waals surface area contributed by atoms with E-state index in [1.807, 2.05) is 18.2 Å². The van der Waals surface area contributed by atoms with E-state index in [1.54, 1.807) is 4.40 Å². The fraction of sp³-hybridized carbons (Fsp3) is 0.143. The maximum absolute atomic E-state index is 13.2. The standard InChI is InChI=1S/C21H16N2O/c1-11-9-13(3)19-17(10-11)23-20(22-19)15-6-4-5-14-12(2)7-8-16(18(14)15)21(23)24/h4-10H,1-3H3. The first-order valence-corrected chi connectivity index (χ1v) is 8.13. The minimum atomic E-state index is 0.0150. The number of fused-ring (bicyclic) bond motifs is 4. The number of imidazole rings is 1. The molecule has 0 aliphatic heterocycles. The van der Waals surface area contributed by atoms with Gasteiger partial charge in [-0.25, -0.2) is 4.98 Å². The Labute approximate surface area is 138 Å². The van der Waals surface area contributed by atoms with Gasteiger partial charge in [-0.1, -0.05) is 30.3 Å². The third-order valence-corrected chi connectivity index (χ3v) is 5.03. The summed E-state index contributed by atoms with van der Waals surface area (Å²) in [6.45, 7) is 6.19. The van der Waals surface area contributed by atoms with Crippen LogP contribution in [0.25, 0.3) is 38.2 Å². The second-order valence-corrected chi connectivity index (χ2v) is 6.68. The van der Waals surface area contributed by atoms with Gasteiger partial charge in [-0.15, -0.1) is 0 Å². The first-order valence-electron chi connectivity index (χ1n) is 8.13. The van der Waals surface area contributed by atoms with E-state index in [9.17, 15) is 4.79 Å². The SMILES string of the molecule is Cc1cc(C)c2nc3c4cccc5c(C)ccc(c(=O)n3c2c1)c54. The van der Waals surface area contributed by atoms with Crippen LogP contribution in [0.15, 0.2) is 47.3 Å². The molecular formula is C21H16N2O. The van der Waals surface area contributed by atoms with Gasteiger partial charge in [0.1, 0.15) is 5.65 Å². The zero-order valence-corrected chi connectivity index (χ0v) is 13.8. The normalized spacial score (nSPS) is 12.1. The molecule has 24 heavy (non-hydrogen) atoms. The molecule has 0 fully saturated rings. The van der Waals surface area contributed by atoms with Crippen molar-refractivity contribution in [3.63, 3.8) is 0 Å². The van der Waals surface area contributed by atoms with Crippen molar-refractivity contribution in [1.29, 1.82) is 0 Å². The van der Waals surface area contributed by atoms with E-state index in [4.69, 9.17) is 4.98 Å². The number of hydrogen-bond acceptors (Lipinski definition) is 2. The van der Waals surface area contributed by atoms with Crippen LogP contribution in [0.5, 0.6) is 0 Å². The lowest BCUT2D eigenvalue weighted by molar-refractivity contribution is 1.18. The summed E-state index contributed by atoms with van der Waals surface area (Å²) >= 11 is 0. The van der Waals surface area contributed by atoms with Crippen LogP contribution < -0.4 is 5.56 Å². The van der Waals surface area contributed by atoms with Crippen LogP contribution >= 0.6 is 0 Å². The van der Waals surface area contributed by atoms with Crippen molar-refractivity contribution in [3.05, 3.63) is 69.5 Å². The average Bonchev–Trinajstić information content (AvgIpc) is 2.94. The Morgan fingerprint density at radius 3 is 2.50 bits per heavy atom. The molecule has 0 radical (unpaired) electrons. The minimum absolute atomic E-state index is 0.0150. The smallest absolute Gasteiger partial charge is 0.264 e. The molecule has 0 aliphatic carbocycles. The van der Waals surface area contributed by atoms with Gasteiger partial charge in [0.15, 0.2) is 0 Å². The Kier molecular flexibility index (Phi) is 2.43. The summed E-state index contributed by atoms with van der Waals surface area (Å²) in [5.41, 5.74) is 6.00. The summed E-state index contributed by atoms with van der Waals surface area (Å²) in [4.78, 5) is 18.1. The number of benzene rings is 3. The zero-order valence-electron chi connectivity index (χ0n) is 13.8. The fourth-order valence-corrected chi connectivity index (χ4v) is 3.95. The topological polar surface area (TPSA) is 34.4 Å². The third kappa shape index (κ3) is 1.51. The molecule has 3 aromatic carbocycles. The molecule has 0 bridgehead atoms. The summed E-state index contributed by atoms with van der Waals surface area (Å²) in [5.74, 6) is 0. The van der Waals surface area contributed by atoms with Gasteiger partial charge >= 0.3 is 0 Å². The van der Waals surface area contributed by atoms with Crippen molar-refractivity contribution in [3.8, 4) is 0 Å². The van der Waals surface area contributed by atoms with E-state index in [2.05, 4.69) is 45.0 Å². The Morgan fingerprint density at radius 2 is 1.67 bits per heavy atom. The predicted octanol–water partition coefficient (Wildman–Crippen LogP) is 4.52. The van der Waals surface area contributed by atoms with Gasteiger partial charge in [0, 0.05) is 16.2 Å². The molecule has 3 heteroatoms. The lowest BCUT2D eigenvalue weighted by Gasteiger charge is -2.09. The maximum Gasteiger partial charge on any atom is 0.264 e. The van der Waals surface area contributed by atoms with Crippen molar-refractivity contribution in [2.45, 2.75) is 20.8 Å². The molecule has 3 nitrogen and oxygen atoms in total. The van der Waals surface area contributed by atoms with Gasteiger partial charge in [-0.3, -0.25) is 9.20 Å². The van der Waals surface area contributed by atoms with Crippen LogP contribution in [-0.2, 0) is 0 Å². The fourth-order valence-electron chi connectivity index (χ4n) is 3.95. The maximum atomic E-state index is 13.2. The van der Waals surface area contributed by atoms with E-state index < -0.39 is 0 Å². The second-order valence-electron chi connectivity index (χ2n) is 6.68. The average molecular weight is 312 g/mol. The number of rotatable bonds is 0. The van der Waals surface area contributed by atoms with Crippen LogP contribution in [0.3, 0.4) is 0 Å². The van der Waals surface area contributed by atoms with Crippen LogP contribution in [0.1, 0.15) is 16.7 Å². The van der Waals surface area contributed by atoms with Crippen molar-refractivity contribution < 1.29 is 0 Å². The van der Waals surface area contributed by atoms with Crippen LogP contribution in [-0.4, -0.2) is 9.38 Å². The lowest BCUT2D eigenvalue weighted by Crippen LogP contribution is -2.13. The first kappa shape index (κ1) is 13.5. The monoisotopic (exact) mass is 312 g/mol. The highest BCUT2D eigenvalue weighted by Gasteiger charge is 2.17. The molecule has 0 unspecified atom stereocenters. The van der Waals surface area contributed by atoms with E-state index in [-0.39, 0.29) is 5.56 Å². The Balaban J connectivity index is 2.22. The Bertz CT molecular complexity index is 1350. The minimum Gasteiger partial charge on any atom is -0.268 e. The van der Waals surface area contributed by atoms with Gasteiger partial charge in [0.25, 0.3) is 5.56 Å². The number of aromatic nitrogens is 2. The van der Waals surface area contributed by atoms with Crippen LogP contribution in [0.4, 0.5) is 0 Å². The van der Waals surface area contributed by atoms with Gasteiger partial charge < -0.3 is 0 Å². The summed E-state index contributed by atoms with van der Waals surface area (Å²) in [7, 11) is 0. The highest BCUT2D eigenvalue weighted by atomic mass is 16.1. The lowest BCUT2D eigenvalue weighted by atomic mass is 9.99. The molecule has 2 aromatic heterocycles. The molecule has 0 amide bonds. The van der Waals surface area contributed by atoms with Crippen molar-refractivity contribution in [1.82, 2.24) is 9.38 Å². The highest BCUT2D eigenvalue weighted by Crippen LogP contribution is 2.31. The van der Waals surface area contributed by atoms with Gasteiger partial charge in [-0.05, 0) is 55.0 Å². The van der Waals surface area contributed by atoms with Gasteiger partial charge in [0.2, 0.25) is 0 Å². The van der Waals surface area contributed by atoms with E-state index in [1.165, 1.54) is 5.56 Å². The van der Waals surface area contributed by atoms with E-state index in [0.717, 1.165) is 49.4 Å². The first-order chi connectivity index (χ1) is 11.6. The highest BCUT2D eigenvalue weighted by molar-refractivity contribution is 6.16. The van der Waals surface area contributed by atoms with Crippen molar-refractivity contribution >= 4 is 38.2 Å².